The van der Waals surface area contributed by atoms with E-state index in [9.17, 15) is 8.42 Å². The van der Waals surface area contributed by atoms with E-state index in [1.54, 1.807) is 24.4 Å². The van der Waals surface area contributed by atoms with E-state index < -0.39 is 10.0 Å². The molecular weight excluding hydrogens is 364 g/mol. The molecule has 0 aliphatic carbocycles. The molecule has 3 aromatic rings. The third-order valence-electron chi connectivity index (χ3n) is 3.49. The van der Waals surface area contributed by atoms with E-state index in [1.807, 2.05) is 37.4 Å². The summed E-state index contributed by atoms with van der Waals surface area (Å²) in [5, 5.41) is 3.91. The zero-order valence-corrected chi connectivity index (χ0v) is 14.4. The van der Waals surface area contributed by atoms with Crippen molar-refractivity contribution >= 4 is 36.9 Å². The summed E-state index contributed by atoms with van der Waals surface area (Å²) in [6.07, 6.45) is 1.60. The van der Waals surface area contributed by atoms with Crippen molar-refractivity contribution in [3.63, 3.8) is 0 Å². The number of hydrogen-bond acceptors (Lipinski definition) is 3. The van der Waals surface area contributed by atoms with Crippen LogP contribution in [0.5, 0.6) is 0 Å². The SMILES string of the molecule is CNCc1ccc(S(=O)(=O)n2cc(Br)c3ccccc32)cc1. The number of fused-ring (bicyclic) bond motifs is 1. The Labute approximate surface area is 137 Å². The highest BCUT2D eigenvalue weighted by Crippen LogP contribution is 2.29. The number of rotatable bonds is 4. The molecule has 1 heterocycles. The number of para-hydroxylation sites is 1. The van der Waals surface area contributed by atoms with Crippen LogP contribution in [-0.2, 0) is 16.6 Å². The zero-order chi connectivity index (χ0) is 15.7. The second kappa shape index (κ2) is 5.87. The van der Waals surface area contributed by atoms with Gasteiger partial charge in [0.15, 0.2) is 0 Å². The van der Waals surface area contributed by atoms with Gasteiger partial charge >= 0.3 is 0 Å². The van der Waals surface area contributed by atoms with Gasteiger partial charge in [0.25, 0.3) is 10.0 Å². The fourth-order valence-corrected chi connectivity index (χ4v) is 4.45. The topological polar surface area (TPSA) is 51.1 Å². The van der Waals surface area contributed by atoms with Crippen LogP contribution in [0.1, 0.15) is 5.56 Å². The molecule has 0 aliphatic rings. The van der Waals surface area contributed by atoms with Crippen LogP contribution in [0.2, 0.25) is 0 Å². The molecule has 0 amide bonds. The molecule has 0 radical (unpaired) electrons. The fraction of sp³-hybridized carbons (Fsp3) is 0.125. The fourth-order valence-electron chi connectivity index (χ4n) is 2.41. The van der Waals surface area contributed by atoms with Gasteiger partial charge in [0.1, 0.15) is 0 Å². The molecule has 0 unspecified atom stereocenters. The minimum Gasteiger partial charge on any atom is -0.316 e. The van der Waals surface area contributed by atoms with Crippen molar-refractivity contribution in [2.24, 2.45) is 0 Å². The maximum Gasteiger partial charge on any atom is 0.268 e. The summed E-state index contributed by atoms with van der Waals surface area (Å²) in [5.41, 5.74) is 1.70. The summed E-state index contributed by atoms with van der Waals surface area (Å²) in [7, 11) is -1.75. The van der Waals surface area contributed by atoms with Crippen LogP contribution in [-0.4, -0.2) is 19.4 Å². The Morgan fingerprint density at radius 1 is 1.09 bits per heavy atom. The Bertz CT molecular complexity index is 915. The van der Waals surface area contributed by atoms with Crippen molar-refractivity contribution in [1.82, 2.24) is 9.29 Å². The van der Waals surface area contributed by atoms with Crippen LogP contribution in [0.15, 0.2) is 64.1 Å². The highest BCUT2D eigenvalue weighted by molar-refractivity contribution is 9.10. The van der Waals surface area contributed by atoms with Gasteiger partial charge in [-0.3, -0.25) is 0 Å². The predicted octanol–water partition coefficient (Wildman–Crippen LogP) is 3.36. The molecule has 0 saturated carbocycles. The van der Waals surface area contributed by atoms with Crippen molar-refractivity contribution < 1.29 is 8.42 Å². The summed E-state index contributed by atoms with van der Waals surface area (Å²) in [5.74, 6) is 0. The van der Waals surface area contributed by atoms with Crippen LogP contribution in [0.3, 0.4) is 0 Å². The van der Waals surface area contributed by atoms with Gasteiger partial charge in [0.05, 0.1) is 10.4 Å². The standard InChI is InChI=1S/C16H15BrN2O2S/c1-18-10-12-6-8-13(9-7-12)22(20,21)19-11-15(17)14-4-2-3-5-16(14)19/h2-9,11,18H,10H2,1H3. The largest absolute Gasteiger partial charge is 0.316 e. The summed E-state index contributed by atoms with van der Waals surface area (Å²) in [6, 6.07) is 14.3. The van der Waals surface area contributed by atoms with E-state index in [4.69, 9.17) is 0 Å². The Hall–Kier alpha value is -1.63. The number of halogens is 1. The lowest BCUT2D eigenvalue weighted by molar-refractivity contribution is 0.589. The van der Waals surface area contributed by atoms with E-state index in [0.717, 1.165) is 15.4 Å². The van der Waals surface area contributed by atoms with Crippen LogP contribution in [0.4, 0.5) is 0 Å². The average molecular weight is 379 g/mol. The van der Waals surface area contributed by atoms with Gasteiger partial charge in [-0.15, -0.1) is 0 Å². The molecule has 3 rings (SSSR count). The van der Waals surface area contributed by atoms with E-state index in [-0.39, 0.29) is 4.90 Å². The minimum absolute atomic E-state index is 0.278. The first-order chi connectivity index (χ1) is 10.5. The zero-order valence-electron chi connectivity index (χ0n) is 12.0. The molecule has 114 valence electrons. The molecule has 1 aromatic heterocycles. The van der Waals surface area contributed by atoms with Crippen LogP contribution >= 0.6 is 15.9 Å². The highest BCUT2D eigenvalue weighted by Gasteiger charge is 2.20. The van der Waals surface area contributed by atoms with Crippen molar-refractivity contribution in [3.05, 3.63) is 64.8 Å². The van der Waals surface area contributed by atoms with Gasteiger partial charge in [-0.25, -0.2) is 12.4 Å². The summed E-state index contributed by atoms with van der Waals surface area (Å²) < 4.78 is 27.8. The van der Waals surface area contributed by atoms with Crippen LogP contribution in [0, 0.1) is 0 Å². The summed E-state index contributed by atoms with van der Waals surface area (Å²) in [4.78, 5) is 0.278. The van der Waals surface area contributed by atoms with Crippen molar-refractivity contribution in [2.45, 2.75) is 11.4 Å². The van der Waals surface area contributed by atoms with Gasteiger partial charge in [-0.2, -0.15) is 0 Å². The summed E-state index contributed by atoms with van der Waals surface area (Å²) >= 11 is 3.42. The summed E-state index contributed by atoms with van der Waals surface area (Å²) in [6.45, 7) is 0.707. The molecule has 4 nitrogen and oxygen atoms in total. The molecule has 2 aromatic carbocycles. The van der Waals surface area contributed by atoms with Gasteiger partial charge in [-0.05, 0) is 46.7 Å². The Balaban J connectivity index is 2.12. The Kier molecular flexibility index (Phi) is 4.08. The molecule has 1 N–H and O–H groups in total. The molecule has 0 spiro atoms. The predicted molar refractivity (Wildman–Crippen MR) is 91.4 cm³/mol. The van der Waals surface area contributed by atoms with Crippen LogP contribution < -0.4 is 5.32 Å². The molecular formula is C16H15BrN2O2S. The van der Waals surface area contributed by atoms with Crippen LogP contribution in [0.25, 0.3) is 10.9 Å². The minimum atomic E-state index is -3.61. The van der Waals surface area contributed by atoms with Gasteiger partial charge < -0.3 is 5.32 Å². The molecule has 6 heteroatoms. The normalized spacial score (nSPS) is 11.9. The number of aromatic nitrogens is 1. The molecule has 0 aliphatic heterocycles. The first-order valence-corrected chi connectivity index (χ1v) is 9.02. The quantitative estimate of drug-likeness (QED) is 0.756. The molecule has 0 fully saturated rings. The van der Waals surface area contributed by atoms with E-state index in [2.05, 4.69) is 21.2 Å². The van der Waals surface area contributed by atoms with Gasteiger partial charge in [0, 0.05) is 22.6 Å². The van der Waals surface area contributed by atoms with Gasteiger partial charge in [-0.1, -0.05) is 30.3 Å². The maximum atomic E-state index is 12.9. The Morgan fingerprint density at radius 3 is 2.45 bits per heavy atom. The maximum absolute atomic E-state index is 12.9. The number of benzene rings is 2. The monoisotopic (exact) mass is 378 g/mol. The van der Waals surface area contributed by atoms with E-state index in [0.29, 0.717) is 12.1 Å². The first kappa shape index (κ1) is 15.3. The number of hydrogen-bond donors (Lipinski definition) is 1. The second-order valence-electron chi connectivity index (χ2n) is 4.97. The molecule has 0 bridgehead atoms. The lowest BCUT2D eigenvalue weighted by atomic mass is 10.2. The van der Waals surface area contributed by atoms with Gasteiger partial charge in [0.2, 0.25) is 0 Å². The van der Waals surface area contributed by atoms with E-state index in [1.165, 1.54) is 3.97 Å². The lowest BCUT2D eigenvalue weighted by Crippen LogP contribution is -2.12. The average Bonchev–Trinajstić information content (AvgIpc) is 2.87. The smallest absolute Gasteiger partial charge is 0.268 e. The van der Waals surface area contributed by atoms with Crippen molar-refractivity contribution in [1.29, 1.82) is 0 Å². The van der Waals surface area contributed by atoms with Crippen molar-refractivity contribution in [3.8, 4) is 0 Å². The third kappa shape index (κ3) is 2.58. The Morgan fingerprint density at radius 2 is 1.77 bits per heavy atom. The molecule has 0 atom stereocenters. The number of nitrogens with zero attached hydrogens (tertiary/aromatic N) is 1. The third-order valence-corrected chi connectivity index (χ3v) is 5.81. The lowest BCUT2D eigenvalue weighted by Gasteiger charge is -2.08. The highest BCUT2D eigenvalue weighted by atomic mass is 79.9. The molecule has 22 heavy (non-hydrogen) atoms. The van der Waals surface area contributed by atoms with Crippen molar-refractivity contribution in [2.75, 3.05) is 7.05 Å². The van der Waals surface area contributed by atoms with E-state index >= 15 is 0 Å². The number of nitrogens with one attached hydrogen (secondary N) is 1. The molecule has 0 saturated heterocycles. The second-order valence-corrected chi connectivity index (χ2v) is 7.64. The first-order valence-electron chi connectivity index (χ1n) is 6.79.